The third-order valence-electron chi connectivity index (χ3n) is 3.37. The fourth-order valence-electron chi connectivity index (χ4n) is 2.25. The highest BCUT2D eigenvalue weighted by Gasteiger charge is 2.26. The number of hydrogen-bond donors (Lipinski definition) is 1. The summed E-state index contributed by atoms with van der Waals surface area (Å²) in [6, 6.07) is 5.65. The summed E-state index contributed by atoms with van der Waals surface area (Å²) in [5.74, 6) is 0. The summed E-state index contributed by atoms with van der Waals surface area (Å²) >= 11 is 6.15. The standard InChI is InChI=1S/C16H21ClN2O/c1-10-6-7-11(8-13(10)17)14(20)12-9-19(5)18-15(12)16(2,3)4/h6-9,14,20H,1-5H3. The van der Waals surface area contributed by atoms with Gasteiger partial charge in [-0.2, -0.15) is 5.10 Å². The van der Waals surface area contributed by atoms with Gasteiger partial charge in [0.25, 0.3) is 0 Å². The number of benzene rings is 1. The molecule has 4 heteroatoms. The van der Waals surface area contributed by atoms with Gasteiger partial charge in [0.1, 0.15) is 6.10 Å². The number of nitrogens with zero attached hydrogens (tertiary/aromatic N) is 2. The van der Waals surface area contributed by atoms with Gasteiger partial charge in [-0.3, -0.25) is 4.68 Å². The highest BCUT2D eigenvalue weighted by atomic mass is 35.5. The van der Waals surface area contributed by atoms with Gasteiger partial charge in [0.2, 0.25) is 0 Å². The van der Waals surface area contributed by atoms with Crippen LogP contribution in [0.3, 0.4) is 0 Å². The topological polar surface area (TPSA) is 38.0 Å². The summed E-state index contributed by atoms with van der Waals surface area (Å²) in [5, 5.41) is 15.8. The van der Waals surface area contributed by atoms with Crippen molar-refractivity contribution in [2.24, 2.45) is 7.05 Å². The molecule has 20 heavy (non-hydrogen) atoms. The second-order valence-electron chi connectivity index (χ2n) is 6.27. The zero-order valence-electron chi connectivity index (χ0n) is 12.6. The van der Waals surface area contributed by atoms with E-state index in [1.165, 1.54) is 0 Å². The van der Waals surface area contributed by atoms with Crippen LogP contribution >= 0.6 is 11.6 Å². The number of aromatic nitrogens is 2. The maximum atomic E-state index is 10.7. The maximum Gasteiger partial charge on any atom is 0.107 e. The zero-order chi connectivity index (χ0) is 15.1. The molecule has 0 spiro atoms. The van der Waals surface area contributed by atoms with E-state index < -0.39 is 6.10 Å². The number of aryl methyl sites for hydroxylation is 2. The summed E-state index contributed by atoms with van der Waals surface area (Å²) in [6.45, 7) is 8.22. The van der Waals surface area contributed by atoms with Crippen LogP contribution in [0.4, 0.5) is 0 Å². The molecule has 0 bridgehead atoms. The number of halogens is 1. The van der Waals surface area contributed by atoms with Gasteiger partial charge in [0.05, 0.1) is 5.69 Å². The molecule has 1 heterocycles. The highest BCUT2D eigenvalue weighted by molar-refractivity contribution is 6.31. The lowest BCUT2D eigenvalue weighted by Gasteiger charge is -2.20. The molecule has 0 saturated carbocycles. The highest BCUT2D eigenvalue weighted by Crippen LogP contribution is 2.32. The Balaban J connectivity index is 2.48. The van der Waals surface area contributed by atoms with Gasteiger partial charge < -0.3 is 5.11 Å². The van der Waals surface area contributed by atoms with Gasteiger partial charge in [-0.25, -0.2) is 0 Å². The molecule has 0 fully saturated rings. The Labute approximate surface area is 125 Å². The van der Waals surface area contributed by atoms with Crippen molar-refractivity contribution in [2.45, 2.75) is 39.2 Å². The lowest BCUT2D eigenvalue weighted by Crippen LogP contribution is -2.16. The van der Waals surface area contributed by atoms with Crippen LogP contribution < -0.4 is 0 Å². The lowest BCUT2D eigenvalue weighted by molar-refractivity contribution is 0.217. The fraction of sp³-hybridized carbons (Fsp3) is 0.438. The van der Waals surface area contributed by atoms with Crippen molar-refractivity contribution < 1.29 is 5.11 Å². The summed E-state index contributed by atoms with van der Waals surface area (Å²) in [5.41, 5.74) is 3.42. The molecule has 1 N–H and O–H groups in total. The molecular weight excluding hydrogens is 272 g/mol. The van der Waals surface area contributed by atoms with Crippen LogP contribution in [0.2, 0.25) is 5.02 Å². The van der Waals surface area contributed by atoms with E-state index in [0.717, 1.165) is 22.4 Å². The number of aliphatic hydroxyl groups excluding tert-OH is 1. The van der Waals surface area contributed by atoms with Crippen molar-refractivity contribution in [3.63, 3.8) is 0 Å². The molecule has 2 rings (SSSR count). The molecule has 2 aromatic rings. The quantitative estimate of drug-likeness (QED) is 0.915. The third kappa shape index (κ3) is 2.89. The molecular formula is C16H21ClN2O. The molecule has 0 amide bonds. The minimum absolute atomic E-state index is 0.119. The summed E-state index contributed by atoms with van der Waals surface area (Å²) in [4.78, 5) is 0. The van der Waals surface area contributed by atoms with Crippen molar-refractivity contribution in [3.05, 3.63) is 51.8 Å². The van der Waals surface area contributed by atoms with Gasteiger partial charge >= 0.3 is 0 Å². The van der Waals surface area contributed by atoms with E-state index in [1.807, 2.05) is 38.4 Å². The van der Waals surface area contributed by atoms with Crippen LogP contribution in [0, 0.1) is 6.92 Å². The second kappa shape index (κ2) is 5.23. The first kappa shape index (κ1) is 15.1. The SMILES string of the molecule is Cc1ccc(C(O)c2cn(C)nc2C(C)(C)C)cc1Cl. The normalized spacial score (nSPS) is 13.6. The smallest absolute Gasteiger partial charge is 0.107 e. The molecule has 0 aliphatic rings. The van der Waals surface area contributed by atoms with Gasteiger partial charge in [0, 0.05) is 29.2 Å². The third-order valence-corrected chi connectivity index (χ3v) is 3.78. The van der Waals surface area contributed by atoms with Gasteiger partial charge in [-0.15, -0.1) is 0 Å². The van der Waals surface area contributed by atoms with Gasteiger partial charge in [-0.05, 0) is 24.1 Å². The molecule has 1 atom stereocenters. The van der Waals surface area contributed by atoms with Crippen LogP contribution in [-0.4, -0.2) is 14.9 Å². The van der Waals surface area contributed by atoms with Crippen molar-refractivity contribution in [1.29, 1.82) is 0 Å². The van der Waals surface area contributed by atoms with Crippen LogP contribution in [-0.2, 0) is 12.5 Å². The minimum atomic E-state index is -0.712. The van der Waals surface area contributed by atoms with Crippen molar-refractivity contribution in [3.8, 4) is 0 Å². The minimum Gasteiger partial charge on any atom is -0.384 e. The Morgan fingerprint density at radius 2 is 1.95 bits per heavy atom. The molecule has 108 valence electrons. The average Bonchev–Trinajstić information content (AvgIpc) is 2.74. The molecule has 1 aromatic heterocycles. The van der Waals surface area contributed by atoms with Gasteiger partial charge in [-0.1, -0.05) is 44.5 Å². The van der Waals surface area contributed by atoms with E-state index in [1.54, 1.807) is 4.68 Å². The fourth-order valence-corrected chi connectivity index (χ4v) is 2.44. The predicted octanol–water partition coefficient (Wildman–Crippen LogP) is 3.76. The Bertz CT molecular complexity index is 626. The predicted molar refractivity (Wildman–Crippen MR) is 82.2 cm³/mol. The number of hydrogen-bond acceptors (Lipinski definition) is 2. The van der Waals surface area contributed by atoms with Crippen molar-refractivity contribution >= 4 is 11.6 Å². The lowest BCUT2D eigenvalue weighted by atomic mass is 9.87. The van der Waals surface area contributed by atoms with Gasteiger partial charge in [0.15, 0.2) is 0 Å². The molecule has 0 aliphatic heterocycles. The van der Waals surface area contributed by atoms with Crippen LogP contribution in [0.1, 0.15) is 49.3 Å². The van der Waals surface area contributed by atoms with E-state index in [0.29, 0.717) is 5.02 Å². The second-order valence-corrected chi connectivity index (χ2v) is 6.68. The number of aliphatic hydroxyl groups is 1. The Hall–Kier alpha value is -1.32. The first-order valence-electron chi connectivity index (χ1n) is 6.68. The van der Waals surface area contributed by atoms with Crippen LogP contribution in [0.25, 0.3) is 0 Å². The monoisotopic (exact) mass is 292 g/mol. The van der Waals surface area contributed by atoms with E-state index in [-0.39, 0.29) is 5.41 Å². The molecule has 3 nitrogen and oxygen atoms in total. The van der Waals surface area contributed by atoms with E-state index >= 15 is 0 Å². The van der Waals surface area contributed by atoms with Crippen molar-refractivity contribution in [2.75, 3.05) is 0 Å². The zero-order valence-corrected chi connectivity index (χ0v) is 13.4. The van der Waals surface area contributed by atoms with Crippen molar-refractivity contribution in [1.82, 2.24) is 9.78 Å². The summed E-state index contributed by atoms with van der Waals surface area (Å²) in [6.07, 6.45) is 1.16. The molecule has 1 aromatic carbocycles. The first-order valence-corrected chi connectivity index (χ1v) is 7.06. The van der Waals surface area contributed by atoms with E-state index in [2.05, 4.69) is 25.9 Å². The molecule has 1 unspecified atom stereocenters. The largest absolute Gasteiger partial charge is 0.384 e. The maximum absolute atomic E-state index is 10.7. The van der Waals surface area contributed by atoms with Crippen LogP contribution in [0.5, 0.6) is 0 Å². The molecule has 0 radical (unpaired) electrons. The Morgan fingerprint density at radius 3 is 2.50 bits per heavy atom. The van der Waals surface area contributed by atoms with E-state index in [9.17, 15) is 5.11 Å². The van der Waals surface area contributed by atoms with E-state index in [4.69, 9.17) is 11.6 Å². The van der Waals surface area contributed by atoms with Crippen LogP contribution in [0.15, 0.2) is 24.4 Å². The molecule has 0 aliphatic carbocycles. The Kier molecular flexibility index (Phi) is 3.94. The first-order chi connectivity index (χ1) is 9.20. The summed E-state index contributed by atoms with van der Waals surface area (Å²) in [7, 11) is 1.87. The average molecular weight is 293 g/mol. The summed E-state index contributed by atoms with van der Waals surface area (Å²) < 4.78 is 1.74. The number of rotatable bonds is 2. The Morgan fingerprint density at radius 1 is 1.30 bits per heavy atom. The molecule has 0 saturated heterocycles.